The number of hydrogen-bond acceptors (Lipinski definition) is 3. The number of benzene rings is 1. The van der Waals surface area contributed by atoms with Crippen LogP contribution in [-0.4, -0.2) is 28.6 Å². The lowest BCUT2D eigenvalue weighted by Gasteiger charge is -2.21. The summed E-state index contributed by atoms with van der Waals surface area (Å²) in [4.78, 5) is 6.58. The first-order valence-corrected chi connectivity index (χ1v) is 6.91. The molecule has 0 amide bonds. The van der Waals surface area contributed by atoms with Crippen LogP contribution in [0.3, 0.4) is 0 Å². The molecule has 0 bridgehead atoms. The number of pyridine rings is 1. The van der Waals surface area contributed by atoms with Crippen LogP contribution in [0.5, 0.6) is 0 Å². The summed E-state index contributed by atoms with van der Waals surface area (Å²) in [6.45, 7) is 5.36. The number of hydrogen-bond donors (Lipinski definition) is 1. The minimum absolute atomic E-state index is 0.467. The monoisotopic (exact) mass is 270 g/mol. The minimum Gasteiger partial charge on any atom is -0.387 e. The van der Waals surface area contributed by atoms with Gasteiger partial charge in [0.1, 0.15) is 0 Å². The van der Waals surface area contributed by atoms with E-state index < -0.39 is 6.10 Å². The molecule has 106 valence electrons. The number of aliphatic hydroxyl groups is 1. The number of likely N-dealkylation sites (N-methyl/N-ethyl adjacent to an activating group) is 1. The molecule has 2 rings (SSSR count). The van der Waals surface area contributed by atoms with Gasteiger partial charge in [-0.3, -0.25) is 9.88 Å². The van der Waals surface area contributed by atoms with Crippen molar-refractivity contribution in [2.75, 3.05) is 13.6 Å². The Bertz CT molecular complexity index is 568. The zero-order valence-corrected chi connectivity index (χ0v) is 12.4. The Morgan fingerprint density at radius 1 is 1.10 bits per heavy atom. The molecular formula is C17H22N2O. The molecule has 0 spiro atoms. The average Bonchev–Trinajstić information content (AvgIpc) is 2.38. The standard InChI is InChI=1S/C17H22N2O/c1-13-7-4-5-10-16(13)17(20)12-19(3)11-15-9-6-8-14(2)18-15/h4-10,17,20H,11-12H2,1-3H3. The van der Waals surface area contributed by atoms with Crippen LogP contribution in [-0.2, 0) is 6.54 Å². The SMILES string of the molecule is Cc1cccc(CN(C)CC(O)c2ccccc2C)n1. The third-order valence-electron chi connectivity index (χ3n) is 3.41. The summed E-state index contributed by atoms with van der Waals surface area (Å²) in [7, 11) is 2.01. The first-order valence-electron chi connectivity index (χ1n) is 6.91. The lowest BCUT2D eigenvalue weighted by molar-refractivity contribution is 0.122. The van der Waals surface area contributed by atoms with Crippen LogP contribution in [0.1, 0.15) is 28.6 Å². The van der Waals surface area contributed by atoms with E-state index in [4.69, 9.17) is 0 Å². The van der Waals surface area contributed by atoms with Crippen molar-refractivity contribution in [2.24, 2.45) is 0 Å². The van der Waals surface area contributed by atoms with Crippen LogP contribution in [0.25, 0.3) is 0 Å². The van der Waals surface area contributed by atoms with Gasteiger partial charge in [-0.1, -0.05) is 30.3 Å². The Kier molecular flexibility index (Phi) is 4.88. The summed E-state index contributed by atoms with van der Waals surface area (Å²) >= 11 is 0. The second-order valence-corrected chi connectivity index (χ2v) is 5.34. The molecule has 0 fully saturated rings. The lowest BCUT2D eigenvalue weighted by Crippen LogP contribution is -2.25. The van der Waals surface area contributed by atoms with Gasteiger partial charge in [-0.25, -0.2) is 0 Å². The zero-order chi connectivity index (χ0) is 14.5. The topological polar surface area (TPSA) is 36.4 Å². The van der Waals surface area contributed by atoms with E-state index in [9.17, 15) is 5.11 Å². The molecular weight excluding hydrogens is 248 g/mol. The molecule has 1 aromatic heterocycles. The van der Waals surface area contributed by atoms with E-state index in [2.05, 4.69) is 9.88 Å². The molecule has 20 heavy (non-hydrogen) atoms. The fourth-order valence-corrected chi connectivity index (χ4v) is 2.38. The minimum atomic E-state index is -0.467. The number of aryl methyl sites for hydroxylation is 2. The summed E-state index contributed by atoms with van der Waals surface area (Å²) in [5, 5.41) is 10.3. The largest absolute Gasteiger partial charge is 0.387 e. The van der Waals surface area contributed by atoms with Gasteiger partial charge in [-0.05, 0) is 44.2 Å². The van der Waals surface area contributed by atoms with Crippen LogP contribution in [0.4, 0.5) is 0 Å². The highest BCUT2D eigenvalue weighted by Gasteiger charge is 2.13. The number of aromatic nitrogens is 1. The molecule has 0 aliphatic carbocycles. The van der Waals surface area contributed by atoms with Gasteiger partial charge >= 0.3 is 0 Å². The summed E-state index contributed by atoms with van der Waals surface area (Å²) in [5.41, 5.74) is 4.18. The van der Waals surface area contributed by atoms with Crippen LogP contribution < -0.4 is 0 Å². The Labute approximate surface area is 120 Å². The molecule has 0 aliphatic heterocycles. The van der Waals surface area contributed by atoms with Crippen molar-refractivity contribution in [3.8, 4) is 0 Å². The summed E-state index contributed by atoms with van der Waals surface area (Å²) in [6, 6.07) is 14.0. The highest BCUT2D eigenvalue weighted by Crippen LogP contribution is 2.18. The molecule has 0 aliphatic rings. The van der Waals surface area contributed by atoms with Crippen molar-refractivity contribution in [2.45, 2.75) is 26.5 Å². The third-order valence-corrected chi connectivity index (χ3v) is 3.41. The van der Waals surface area contributed by atoms with E-state index in [0.717, 1.165) is 29.1 Å². The van der Waals surface area contributed by atoms with Gasteiger partial charge in [0, 0.05) is 18.8 Å². The average molecular weight is 270 g/mol. The lowest BCUT2D eigenvalue weighted by atomic mass is 10.0. The van der Waals surface area contributed by atoms with Crippen LogP contribution in [0.15, 0.2) is 42.5 Å². The second-order valence-electron chi connectivity index (χ2n) is 5.34. The highest BCUT2D eigenvalue weighted by molar-refractivity contribution is 5.27. The van der Waals surface area contributed by atoms with Gasteiger partial charge in [-0.15, -0.1) is 0 Å². The summed E-state index contributed by atoms with van der Waals surface area (Å²) in [6.07, 6.45) is -0.467. The summed E-state index contributed by atoms with van der Waals surface area (Å²) < 4.78 is 0. The zero-order valence-electron chi connectivity index (χ0n) is 12.4. The van der Waals surface area contributed by atoms with Gasteiger partial charge in [0.15, 0.2) is 0 Å². The molecule has 3 nitrogen and oxygen atoms in total. The van der Waals surface area contributed by atoms with Crippen molar-refractivity contribution in [3.05, 3.63) is 65.0 Å². The molecule has 0 saturated carbocycles. The summed E-state index contributed by atoms with van der Waals surface area (Å²) in [5.74, 6) is 0. The molecule has 1 atom stereocenters. The maximum Gasteiger partial charge on any atom is 0.0919 e. The van der Waals surface area contributed by atoms with Crippen molar-refractivity contribution in [3.63, 3.8) is 0 Å². The first kappa shape index (κ1) is 14.7. The molecule has 0 saturated heterocycles. The molecule has 1 N–H and O–H groups in total. The smallest absolute Gasteiger partial charge is 0.0919 e. The highest BCUT2D eigenvalue weighted by atomic mass is 16.3. The Morgan fingerprint density at radius 3 is 2.55 bits per heavy atom. The molecule has 2 aromatic rings. The van der Waals surface area contributed by atoms with E-state index in [1.165, 1.54) is 0 Å². The van der Waals surface area contributed by atoms with Gasteiger partial charge in [0.25, 0.3) is 0 Å². The van der Waals surface area contributed by atoms with E-state index >= 15 is 0 Å². The number of rotatable bonds is 5. The fourth-order valence-electron chi connectivity index (χ4n) is 2.38. The van der Waals surface area contributed by atoms with Crippen molar-refractivity contribution >= 4 is 0 Å². The Hall–Kier alpha value is -1.71. The number of aliphatic hydroxyl groups excluding tert-OH is 1. The van der Waals surface area contributed by atoms with Gasteiger partial charge < -0.3 is 5.11 Å². The van der Waals surface area contributed by atoms with Gasteiger partial charge in [0.05, 0.1) is 11.8 Å². The molecule has 3 heteroatoms. The second kappa shape index (κ2) is 6.64. The van der Waals surface area contributed by atoms with Crippen LogP contribution >= 0.6 is 0 Å². The predicted molar refractivity (Wildman–Crippen MR) is 81.4 cm³/mol. The Balaban J connectivity index is 1.98. The molecule has 1 heterocycles. The maximum atomic E-state index is 10.3. The fraction of sp³-hybridized carbons (Fsp3) is 0.353. The predicted octanol–water partition coefficient (Wildman–Crippen LogP) is 2.86. The van der Waals surface area contributed by atoms with Crippen molar-refractivity contribution in [1.82, 2.24) is 9.88 Å². The molecule has 1 aromatic carbocycles. The maximum absolute atomic E-state index is 10.3. The normalized spacial score (nSPS) is 12.7. The van der Waals surface area contributed by atoms with Crippen LogP contribution in [0, 0.1) is 13.8 Å². The van der Waals surface area contributed by atoms with Gasteiger partial charge in [-0.2, -0.15) is 0 Å². The third kappa shape index (κ3) is 3.89. The van der Waals surface area contributed by atoms with Gasteiger partial charge in [0.2, 0.25) is 0 Å². The molecule has 0 radical (unpaired) electrons. The van der Waals surface area contributed by atoms with E-state index in [1.807, 2.05) is 63.4 Å². The molecule has 1 unspecified atom stereocenters. The van der Waals surface area contributed by atoms with Crippen LogP contribution in [0.2, 0.25) is 0 Å². The quantitative estimate of drug-likeness (QED) is 0.907. The Morgan fingerprint density at radius 2 is 1.85 bits per heavy atom. The van der Waals surface area contributed by atoms with E-state index in [-0.39, 0.29) is 0 Å². The number of nitrogens with zero attached hydrogens (tertiary/aromatic N) is 2. The van der Waals surface area contributed by atoms with Crippen molar-refractivity contribution in [1.29, 1.82) is 0 Å². The van der Waals surface area contributed by atoms with E-state index in [0.29, 0.717) is 6.54 Å². The van der Waals surface area contributed by atoms with Crippen molar-refractivity contribution < 1.29 is 5.11 Å². The first-order chi connectivity index (χ1) is 9.56. The van der Waals surface area contributed by atoms with E-state index in [1.54, 1.807) is 0 Å².